The summed E-state index contributed by atoms with van der Waals surface area (Å²) in [4.78, 5) is 56.9. The summed E-state index contributed by atoms with van der Waals surface area (Å²) >= 11 is 0. The van der Waals surface area contributed by atoms with Crippen molar-refractivity contribution in [1.29, 1.82) is 0 Å². The Kier molecular flexibility index (Phi) is 6.27. The molecule has 0 radical (unpaired) electrons. The van der Waals surface area contributed by atoms with Crippen LogP contribution in [-0.2, 0) is 29.0 Å². The Labute approximate surface area is 274 Å². The monoisotopic (exact) mass is 648 g/mol. The minimum absolute atomic E-state index is 0.000946. The number of benzene rings is 2. The van der Waals surface area contributed by atoms with Crippen molar-refractivity contribution in [3.05, 3.63) is 97.1 Å². The SMILES string of the molecule is C=C(C)CC12C=CC(C1)C1C(=O)N(c3ccc(S(=O)(=O)c4ccc(N5C(=O)C6C7C=CC(CC(=C)C)(C7)C6C5=O)cc4)cc3)C(=O)C12. The summed E-state index contributed by atoms with van der Waals surface area (Å²) in [5.41, 5.74) is 1.83. The molecular formula is C38H36N2O6S. The van der Waals surface area contributed by atoms with Crippen LogP contribution in [0.5, 0.6) is 0 Å². The molecule has 0 aromatic heterocycles. The molecule has 4 amide bonds. The van der Waals surface area contributed by atoms with E-state index in [0.29, 0.717) is 24.2 Å². The first kappa shape index (κ1) is 30.0. The van der Waals surface area contributed by atoms with Crippen molar-refractivity contribution in [3.8, 4) is 0 Å². The molecule has 2 aromatic carbocycles. The fourth-order valence-corrected chi connectivity index (χ4v) is 11.2. The first-order valence-corrected chi connectivity index (χ1v) is 17.6. The molecule has 8 unspecified atom stereocenters. The van der Waals surface area contributed by atoms with E-state index in [1.54, 1.807) is 0 Å². The van der Waals surface area contributed by atoms with Gasteiger partial charge in [0, 0.05) is 10.8 Å². The van der Waals surface area contributed by atoms with E-state index < -0.39 is 44.3 Å². The summed E-state index contributed by atoms with van der Waals surface area (Å²) < 4.78 is 27.3. The number of imide groups is 2. The Morgan fingerprint density at radius 3 is 1.36 bits per heavy atom. The first-order chi connectivity index (χ1) is 22.3. The third kappa shape index (κ3) is 4.01. The van der Waals surface area contributed by atoms with Crippen molar-refractivity contribution in [2.45, 2.75) is 49.3 Å². The molecule has 8 atom stereocenters. The minimum atomic E-state index is -3.98. The molecule has 9 heteroatoms. The van der Waals surface area contributed by atoms with Crippen molar-refractivity contribution in [2.75, 3.05) is 9.80 Å². The van der Waals surface area contributed by atoms with Crippen LogP contribution in [0, 0.1) is 46.3 Å². The fraction of sp³-hybridized carbons (Fsp3) is 0.368. The number of nitrogens with zero attached hydrogens (tertiary/aromatic N) is 2. The van der Waals surface area contributed by atoms with Crippen molar-refractivity contribution in [1.82, 2.24) is 0 Å². The lowest BCUT2D eigenvalue weighted by molar-refractivity contribution is -0.125. The Morgan fingerprint density at radius 1 is 0.660 bits per heavy atom. The molecule has 2 aliphatic heterocycles. The molecule has 2 saturated carbocycles. The summed E-state index contributed by atoms with van der Waals surface area (Å²) in [6, 6.07) is 11.6. The smallest absolute Gasteiger partial charge is 0.238 e. The molecule has 6 aliphatic rings. The number of hydrogen-bond donors (Lipinski definition) is 0. The van der Waals surface area contributed by atoms with Gasteiger partial charge in [0.25, 0.3) is 0 Å². The average Bonchev–Trinajstić information content (AvgIpc) is 3.84. The van der Waals surface area contributed by atoms with Crippen LogP contribution in [0.15, 0.2) is 107 Å². The standard InChI is InChI=1S/C38H36N2O6S/c1-21(2)17-37-15-13-23(19-37)29-31(37)35(43)39(33(29)41)25-5-9-27(10-6-25)47(45,46)28-11-7-26(8-12-28)40-34(42)30-24-14-16-38(20-24,18-22(3)4)32(30)36(40)44/h5-16,23-24,29-32H,1,3,17-20H2,2,4H3. The van der Waals surface area contributed by atoms with Crippen molar-refractivity contribution >= 4 is 44.8 Å². The zero-order valence-corrected chi connectivity index (χ0v) is 27.2. The second kappa shape index (κ2) is 9.83. The van der Waals surface area contributed by atoms with Gasteiger partial charge in [-0.2, -0.15) is 0 Å². The Balaban J connectivity index is 1.02. The predicted molar refractivity (Wildman–Crippen MR) is 176 cm³/mol. The van der Waals surface area contributed by atoms with Crippen LogP contribution in [0.2, 0.25) is 0 Å². The van der Waals surface area contributed by atoms with Gasteiger partial charge >= 0.3 is 0 Å². The molecule has 4 bridgehead atoms. The second-order valence-corrected chi connectivity index (χ2v) is 16.7. The molecule has 0 spiro atoms. The third-order valence-corrected chi connectivity index (χ3v) is 13.3. The van der Waals surface area contributed by atoms with Crippen LogP contribution >= 0.6 is 0 Å². The number of allylic oxidation sites excluding steroid dienone is 6. The Bertz CT molecular complexity index is 1860. The maximum Gasteiger partial charge on any atom is 0.238 e. The number of amides is 4. The normalized spacial score (nSPS) is 34.6. The van der Waals surface area contributed by atoms with Gasteiger partial charge in [-0.1, -0.05) is 35.5 Å². The van der Waals surface area contributed by atoms with E-state index in [0.717, 1.165) is 24.0 Å². The summed E-state index contributed by atoms with van der Waals surface area (Å²) in [5.74, 6) is -2.66. The molecule has 4 fully saturated rings. The van der Waals surface area contributed by atoms with Gasteiger partial charge in [-0.3, -0.25) is 29.0 Å². The topological polar surface area (TPSA) is 109 Å². The van der Waals surface area contributed by atoms with E-state index in [9.17, 15) is 27.6 Å². The van der Waals surface area contributed by atoms with Gasteiger partial charge in [-0.05, 0) is 99.9 Å². The number of carbonyl (C=O) groups is 4. The molecule has 2 saturated heterocycles. The third-order valence-electron chi connectivity index (χ3n) is 11.5. The molecule has 2 aromatic rings. The van der Waals surface area contributed by atoms with E-state index in [2.05, 4.69) is 37.5 Å². The maximum atomic E-state index is 13.7. The molecule has 8 rings (SSSR count). The minimum Gasteiger partial charge on any atom is -0.274 e. The Morgan fingerprint density at radius 2 is 1.02 bits per heavy atom. The molecule has 47 heavy (non-hydrogen) atoms. The number of fused-ring (bicyclic) bond motifs is 10. The van der Waals surface area contributed by atoms with Crippen LogP contribution in [0.3, 0.4) is 0 Å². The van der Waals surface area contributed by atoms with E-state index in [-0.39, 0.29) is 45.3 Å². The number of sulfone groups is 1. The van der Waals surface area contributed by atoms with Gasteiger partial charge < -0.3 is 0 Å². The van der Waals surface area contributed by atoms with Crippen molar-refractivity contribution in [3.63, 3.8) is 0 Å². The highest BCUT2D eigenvalue weighted by Crippen LogP contribution is 2.64. The quantitative estimate of drug-likeness (QED) is 0.264. The molecule has 4 aliphatic carbocycles. The van der Waals surface area contributed by atoms with Crippen molar-refractivity contribution < 1.29 is 27.6 Å². The molecule has 2 heterocycles. The highest BCUT2D eigenvalue weighted by atomic mass is 32.2. The predicted octanol–water partition coefficient (Wildman–Crippen LogP) is 5.82. The van der Waals surface area contributed by atoms with Gasteiger partial charge in [-0.15, -0.1) is 13.2 Å². The highest BCUT2D eigenvalue weighted by molar-refractivity contribution is 7.91. The van der Waals surface area contributed by atoms with Crippen LogP contribution in [0.25, 0.3) is 0 Å². The lowest BCUT2D eigenvalue weighted by Gasteiger charge is -2.30. The van der Waals surface area contributed by atoms with Gasteiger partial charge in [0.1, 0.15) is 0 Å². The Hall–Kier alpha value is -4.37. The van der Waals surface area contributed by atoms with Crippen LogP contribution in [0.4, 0.5) is 11.4 Å². The largest absolute Gasteiger partial charge is 0.274 e. The van der Waals surface area contributed by atoms with E-state index in [4.69, 9.17) is 0 Å². The second-order valence-electron chi connectivity index (χ2n) is 14.7. The van der Waals surface area contributed by atoms with Gasteiger partial charge in [0.2, 0.25) is 33.5 Å². The summed E-state index contributed by atoms with van der Waals surface area (Å²) in [6.07, 6.45) is 11.1. The van der Waals surface area contributed by atoms with Crippen LogP contribution < -0.4 is 9.80 Å². The van der Waals surface area contributed by atoms with Crippen LogP contribution in [-0.4, -0.2) is 32.0 Å². The zero-order valence-electron chi connectivity index (χ0n) is 26.4. The van der Waals surface area contributed by atoms with Crippen LogP contribution in [0.1, 0.15) is 39.5 Å². The lowest BCUT2D eigenvalue weighted by Crippen LogP contribution is -2.36. The number of rotatable bonds is 8. The molecule has 0 N–H and O–H groups in total. The van der Waals surface area contributed by atoms with Crippen molar-refractivity contribution in [2.24, 2.45) is 46.3 Å². The summed E-state index contributed by atoms with van der Waals surface area (Å²) in [7, 11) is -3.98. The zero-order chi connectivity index (χ0) is 33.2. The van der Waals surface area contributed by atoms with E-state index in [1.807, 2.05) is 13.8 Å². The lowest BCUT2D eigenvalue weighted by atomic mass is 9.71. The van der Waals surface area contributed by atoms with Gasteiger partial charge in [0.05, 0.1) is 44.8 Å². The summed E-state index contributed by atoms with van der Waals surface area (Å²) in [5, 5.41) is 0. The molecular weight excluding hydrogens is 612 g/mol. The van der Waals surface area contributed by atoms with Gasteiger partial charge in [-0.25, -0.2) is 8.42 Å². The summed E-state index contributed by atoms with van der Waals surface area (Å²) in [6.45, 7) is 12.0. The average molecular weight is 649 g/mol. The maximum absolute atomic E-state index is 13.7. The number of carbonyl (C=O) groups excluding carboxylic acids is 4. The van der Waals surface area contributed by atoms with E-state index in [1.165, 1.54) is 58.3 Å². The number of hydrogen-bond acceptors (Lipinski definition) is 6. The van der Waals surface area contributed by atoms with Gasteiger partial charge in [0.15, 0.2) is 0 Å². The van der Waals surface area contributed by atoms with E-state index >= 15 is 0 Å². The number of anilines is 2. The fourth-order valence-electron chi connectivity index (χ4n) is 9.99. The molecule has 8 nitrogen and oxygen atoms in total. The molecule has 240 valence electrons. The highest BCUT2D eigenvalue weighted by Gasteiger charge is 2.67. The first-order valence-electron chi connectivity index (χ1n) is 16.2.